The lowest BCUT2D eigenvalue weighted by atomic mass is 9.87. The van der Waals surface area contributed by atoms with Crippen LogP contribution < -0.4 is 0 Å². The quantitative estimate of drug-likeness (QED) is 0.205. The Balaban J connectivity index is 1.31. The molecular weight excluding hydrogens is 549 g/mol. The summed E-state index contributed by atoms with van der Waals surface area (Å²) in [4.78, 5) is 10.0. The topological polar surface area (TPSA) is 25.8 Å². The standard InChI is InChI=1S/C38H24N2S2/c1-3-15-27(29-17-5-7-19-31(29)37-39-33-21-9-11-23-35(33)41-37)25(13-1)26-14-2-4-16-28(26)30-18-6-8-20-32(30)38-40-34-22-10-12-24-36(34)42-38/h1-24H. The molecule has 0 saturated carbocycles. The van der Waals surface area contributed by atoms with Gasteiger partial charge in [0.05, 0.1) is 20.4 Å². The highest BCUT2D eigenvalue weighted by Gasteiger charge is 2.19. The van der Waals surface area contributed by atoms with E-state index in [9.17, 15) is 0 Å². The Labute approximate surface area is 252 Å². The molecule has 0 saturated heterocycles. The van der Waals surface area contributed by atoms with Crippen molar-refractivity contribution in [1.29, 1.82) is 0 Å². The van der Waals surface area contributed by atoms with Crippen LogP contribution in [0, 0.1) is 0 Å². The van der Waals surface area contributed by atoms with Gasteiger partial charge in [0.25, 0.3) is 0 Å². The van der Waals surface area contributed by atoms with Crippen molar-refractivity contribution in [3.8, 4) is 54.5 Å². The Hall–Kier alpha value is -4.90. The van der Waals surface area contributed by atoms with Crippen molar-refractivity contribution in [2.75, 3.05) is 0 Å². The Morgan fingerprint density at radius 1 is 0.286 bits per heavy atom. The summed E-state index contributed by atoms with van der Waals surface area (Å²) < 4.78 is 2.40. The maximum absolute atomic E-state index is 5.01. The van der Waals surface area contributed by atoms with Crippen molar-refractivity contribution < 1.29 is 0 Å². The molecule has 0 aliphatic rings. The van der Waals surface area contributed by atoms with E-state index in [1.165, 1.54) is 42.8 Å². The fourth-order valence-electron chi connectivity index (χ4n) is 5.69. The second kappa shape index (κ2) is 10.5. The number of hydrogen-bond acceptors (Lipinski definition) is 4. The van der Waals surface area contributed by atoms with Gasteiger partial charge in [0, 0.05) is 11.1 Å². The Morgan fingerprint density at radius 3 is 0.881 bits per heavy atom. The normalized spacial score (nSPS) is 11.3. The molecule has 0 unspecified atom stereocenters. The molecule has 0 spiro atoms. The number of thiazole rings is 2. The zero-order valence-corrected chi connectivity index (χ0v) is 24.2. The van der Waals surface area contributed by atoms with Crippen molar-refractivity contribution in [3.05, 3.63) is 146 Å². The van der Waals surface area contributed by atoms with Crippen LogP contribution in [0.25, 0.3) is 75.0 Å². The van der Waals surface area contributed by atoms with Gasteiger partial charge in [0.2, 0.25) is 0 Å². The first-order chi connectivity index (χ1) is 20.8. The molecule has 0 bridgehead atoms. The maximum atomic E-state index is 5.01. The predicted molar refractivity (Wildman–Crippen MR) is 180 cm³/mol. The second-order valence-corrected chi connectivity index (χ2v) is 12.2. The lowest BCUT2D eigenvalue weighted by molar-refractivity contribution is 1.47. The highest BCUT2D eigenvalue weighted by molar-refractivity contribution is 7.22. The fraction of sp³-hybridized carbons (Fsp3) is 0. The zero-order valence-electron chi connectivity index (χ0n) is 22.6. The number of nitrogens with zero attached hydrogens (tertiary/aromatic N) is 2. The first kappa shape index (κ1) is 24.9. The molecule has 42 heavy (non-hydrogen) atoms. The molecule has 0 fully saturated rings. The van der Waals surface area contributed by atoms with E-state index in [4.69, 9.17) is 9.97 Å². The highest BCUT2D eigenvalue weighted by atomic mass is 32.1. The van der Waals surface area contributed by atoms with Gasteiger partial charge in [0.15, 0.2) is 0 Å². The molecule has 0 aliphatic carbocycles. The van der Waals surface area contributed by atoms with Gasteiger partial charge >= 0.3 is 0 Å². The van der Waals surface area contributed by atoms with Crippen LogP contribution in [0.3, 0.4) is 0 Å². The molecule has 0 N–H and O–H groups in total. The average Bonchev–Trinajstić information content (AvgIpc) is 3.70. The van der Waals surface area contributed by atoms with Gasteiger partial charge in [-0.1, -0.05) is 121 Å². The number of rotatable bonds is 5. The van der Waals surface area contributed by atoms with Crippen molar-refractivity contribution >= 4 is 43.1 Å². The van der Waals surface area contributed by atoms with Gasteiger partial charge in [-0.05, 0) is 57.6 Å². The molecular formula is C38H24N2S2. The summed E-state index contributed by atoms with van der Waals surface area (Å²) >= 11 is 3.49. The summed E-state index contributed by atoms with van der Waals surface area (Å²) in [5.41, 5.74) is 11.5. The molecule has 0 aliphatic heterocycles. The number of benzene rings is 6. The van der Waals surface area contributed by atoms with E-state index in [0.717, 1.165) is 32.2 Å². The van der Waals surface area contributed by atoms with Crippen LogP contribution in [0.5, 0.6) is 0 Å². The van der Waals surface area contributed by atoms with E-state index in [2.05, 4.69) is 146 Å². The number of para-hydroxylation sites is 2. The first-order valence-electron chi connectivity index (χ1n) is 13.9. The fourth-order valence-corrected chi connectivity index (χ4v) is 7.70. The van der Waals surface area contributed by atoms with E-state index < -0.39 is 0 Å². The van der Waals surface area contributed by atoms with Gasteiger partial charge in [-0.3, -0.25) is 0 Å². The van der Waals surface area contributed by atoms with E-state index in [1.54, 1.807) is 22.7 Å². The third-order valence-electron chi connectivity index (χ3n) is 7.63. The second-order valence-electron chi connectivity index (χ2n) is 10.2. The van der Waals surface area contributed by atoms with Gasteiger partial charge in [-0.15, -0.1) is 22.7 Å². The lowest BCUT2D eigenvalue weighted by Gasteiger charge is -2.17. The molecule has 0 amide bonds. The van der Waals surface area contributed by atoms with Crippen LogP contribution in [0.2, 0.25) is 0 Å². The Morgan fingerprint density at radius 2 is 0.548 bits per heavy atom. The SMILES string of the molecule is c1ccc(-c2ccccc2-c2ccccc2-c2ccccc2-c2nc3ccccc3s2)c(-c2nc3ccccc3s2)c1. The average molecular weight is 573 g/mol. The van der Waals surface area contributed by atoms with Gasteiger partial charge in [-0.25, -0.2) is 9.97 Å². The van der Waals surface area contributed by atoms with Gasteiger partial charge in [-0.2, -0.15) is 0 Å². The number of fused-ring (bicyclic) bond motifs is 2. The summed E-state index contributed by atoms with van der Waals surface area (Å²) in [7, 11) is 0. The third-order valence-corrected chi connectivity index (χ3v) is 9.77. The number of hydrogen-bond donors (Lipinski definition) is 0. The summed E-state index contributed by atoms with van der Waals surface area (Å²) in [6.45, 7) is 0. The summed E-state index contributed by atoms with van der Waals surface area (Å²) in [5, 5.41) is 2.08. The smallest absolute Gasteiger partial charge is 0.125 e. The van der Waals surface area contributed by atoms with Crippen molar-refractivity contribution in [3.63, 3.8) is 0 Å². The van der Waals surface area contributed by atoms with E-state index in [1.807, 2.05) is 0 Å². The van der Waals surface area contributed by atoms with Gasteiger partial charge < -0.3 is 0 Å². The molecule has 4 heteroatoms. The van der Waals surface area contributed by atoms with Crippen LogP contribution in [-0.4, -0.2) is 9.97 Å². The van der Waals surface area contributed by atoms with E-state index in [-0.39, 0.29) is 0 Å². The Bertz CT molecular complexity index is 2000. The maximum Gasteiger partial charge on any atom is 0.125 e. The summed E-state index contributed by atoms with van der Waals surface area (Å²) in [5.74, 6) is 0. The minimum absolute atomic E-state index is 1.04. The summed E-state index contributed by atoms with van der Waals surface area (Å²) in [6.07, 6.45) is 0. The molecule has 2 aromatic heterocycles. The molecule has 8 aromatic rings. The lowest BCUT2D eigenvalue weighted by Crippen LogP contribution is -1.92. The third kappa shape index (κ3) is 4.33. The monoisotopic (exact) mass is 572 g/mol. The minimum atomic E-state index is 1.04. The zero-order chi connectivity index (χ0) is 27.9. The molecule has 2 nitrogen and oxygen atoms in total. The molecule has 0 radical (unpaired) electrons. The first-order valence-corrected chi connectivity index (χ1v) is 15.6. The van der Waals surface area contributed by atoms with Crippen LogP contribution in [0.4, 0.5) is 0 Å². The molecule has 8 rings (SSSR count). The van der Waals surface area contributed by atoms with E-state index in [0.29, 0.717) is 0 Å². The molecule has 198 valence electrons. The van der Waals surface area contributed by atoms with Crippen LogP contribution in [0.15, 0.2) is 146 Å². The highest BCUT2D eigenvalue weighted by Crippen LogP contribution is 2.45. The number of aromatic nitrogens is 2. The molecule has 2 heterocycles. The van der Waals surface area contributed by atoms with Crippen LogP contribution in [0.1, 0.15) is 0 Å². The minimum Gasteiger partial charge on any atom is -0.236 e. The summed E-state index contributed by atoms with van der Waals surface area (Å²) in [6, 6.07) is 51.5. The molecule has 6 aromatic carbocycles. The molecule has 0 atom stereocenters. The van der Waals surface area contributed by atoms with E-state index >= 15 is 0 Å². The van der Waals surface area contributed by atoms with Gasteiger partial charge in [0.1, 0.15) is 10.0 Å². The largest absolute Gasteiger partial charge is 0.236 e. The van der Waals surface area contributed by atoms with Crippen molar-refractivity contribution in [2.24, 2.45) is 0 Å². The van der Waals surface area contributed by atoms with Crippen molar-refractivity contribution in [1.82, 2.24) is 9.97 Å². The Kier molecular flexibility index (Phi) is 6.21. The van der Waals surface area contributed by atoms with Crippen LogP contribution in [-0.2, 0) is 0 Å². The predicted octanol–water partition coefficient (Wildman–Crippen LogP) is 11.2. The van der Waals surface area contributed by atoms with Crippen molar-refractivity contribution in [2.45, 2.75) is 0 Å². The van der Waals surface area contributed by atoms with Crippen LogP contribution >= 0.6 is 22.7 Å².